The summed E-state index contributed by atoms with van der Waals surface area (Å²) in [5.41, 5.74) is 0. The van der Waals surface area contributed by atoms with E-state index in [2.05, 4.69) is 0 Å². The van der Waals surface area contributed by atoms with E-state index in [1.54, 1.807) is 0 Å². The predicted octanol–water partition coefficient (Wildman–Crippen LogP) is 1.56. The minimum atomic E-state index is -2.83. The number of rotatable bonds is 1. The van der Waals surface area contributed by atoms with Crippen molar-refractivity contribution in [2.24, 2.45) is 5.92 Å². The van der Waals surface area contributed by atoms with Crippen LogP contribution >= 0.6 is 0 Å². The average Bonchev–Trinajstić information content (AvgIpc) is 2.15. The molecule has 0 aliphatic heterocycles. The summed E-state index contributed by atoms with van der Waals surface area (Å²) in [6.07, 6.45) is -6.65. The fourth-order valence-electron chi connectivity index (χ4n) is 0.538. The molecule has 0 aromatic heterocycles. The van der Waals surface area contributed by atoms with E-state index in [1.807, 2.05) is 0 Å². The molecule has 0 N–H and O–H groups in total. The van der Waals surface area contributed by atoms with Crippen molar-refractivity contribution in [3.8, 4) is 0 Å². The lowest BCUT2D eigenvalue weighted by Crippen LogP contribution is -1.96. The molecule has 0 spiro atoms. The summed E-state index contributed by atoms with van der Waals surface area (Å²) in [6, 6.07) is 0. The largest absolute Gasteiger partial charge is 0.247 e. The van der Waals surface area contributed by atoms with Crippen molar-refractivity contribution in [2.45, 2.75) is 18.8 Å². The van der Waals surface area contributed by atoms with E-state index in [0.717, 1.165) is 0 Å². The number of hydrogen-bond donors (Lipinski definition) is 0. The van der Waals surface area contributed by atoms with Crippen molar-refractivity contribution in [3.05, 3.63) is 0 Å². The molecular formula is C4H4F4. The van der Waals surface area contributed by atoms with Crippen LogP contribution in [0.3, 0.4) is 0 Å². The van der Waals surface area contributed by atoms with Gasteiger partial charge in [0.1, 0.15) is 12.3 Å². The lowest BCUT2D eigenvalue weighted by Gasteiger charge is -1.86. The minimum absolute atomic E-state index is 1.63. The van der Waals surface area contributed by atoms with Gasteiger partial charge in [0.05, 0.1) is 5.92 Å². The fourth-order valence-corrected chi connectivity index (χ4v) is 0.538. The third kappa shape index (κ3) is 0.677. The first-order chi connectivity index (χ1) is 3.64. The zero-order chi connectivity index (χ0) is 6.31. The van der Waals surface area contributed by atoms with Crippen LogP contribution in [0.2, 0.25) is 0 Å². The third-order valence-electron chi connectivity index (χ3n) is 1.19. The standard InChI is InChI=1S/C4H4F4/c5-2-1(3(2)6)4(7)8/h1-4H. The Kier molecular flexibility index (Phi) is 1.17. The molecule has 0 bridgehead atoms. The van der Waals surface area contributed by atoms with E-state index in [1.165, 1.54) is 0 Å². The molecule has 4 heteroatoms. The van der Waals surface area contributed by atoms with E-state index in [-0.39, 0.29) is 0 Å². The Labute approximate surface area is 43.5 Å². The third-order valence-corrected chi connectivity index (χ3v) is 1.19. The SMILES string of the molecule is FC(F)C1C(F)C1F. The van der Waals surface area contributed by atoms with Gasteiger partial charge in [-0.1, -0.05) is 0 Å². The first kappa shape index (κ1) is 5.85. The molecule has 1 rings (SSSR count). The molecule has 0 saturated heterocycles. The molecule has 1 fully saturated rings. The van der Waals surface area contributed by atoms with Gasteiger partial charge < -0.3 is 0 Å². The summed E-state index contributed by atoms with van der Waals surface area (Å²) < 4.78 is 45.6. The van der Waals surface area contributed by atoms with E-state index in [9.17, 15) is 17.6 Å². The van der Waals surface area contributed by atoms with Crippen molar-refractivity contribution in [3.63, 3.8) is 0 Å². The van der Waals surface area contributed by atoms with Gasteiger partial charge in [0.2, 0.25) is 6.43 Å². The van der Waals surface area contributed by atoms with Gasteiger partial charge in [-0.3, -0.25) is 0 Å². The number of halogens is 4. The molecule has 0 heterocycles. The number of hydrogen-bond acceptors (Lipinski definition) is 0. The van der Waals surface area contributed by atoms with Gasteiger partial charge in [-0.25, -0.2) is 17.6 Å². The lowest BCUT2D eigenvalue weighted by atomic mass is 10.4. The lowest BCUT2D eigenvalue weighted by molar-refractivity contribution is 0.105. The van der Waals surface area contributed by atoms with Crippen molar-refractivity contribution >= 4 is 0 Å². The van der Waals surface area contributed by atoms with Crippen LogP contribution < -0.4 is 0 Å². The van der Waals surface area contributed by atoms with Crippen molar-refractivity contribution in [1.82, 2.24) is 0 Å². The van der Waals surface area contributed by atoms with Crippen LogP contribution in [0.15, 0.2) is 0 Å². The summed E-state index contributed by atoms with van der Waals surface area (Å²) in [4.78, 5) is 0. The van der Waals surface area contributed by atoms with Gasteiger partial charge in [-0.05, 0) is 0 Å². The molecule has 0 nitrogen and oxygen atoms in total. The second kappa shape index (κ2) is 1.60. The maximum absolute atomic E-state index is 11.6. The minimum Gasteiger partial charge on any atom is -0.244 e. The second-order valence-corrected chi connectivity index (χ2v) is 1.80. The van der Waals surface area contributed by atoms with E-state index >= 15 is 0 Å². The summed E-state index contributed by atoms with van der Waals surface area (Å²) in [5, 5.41) is 0. The maximum atomic E-state index is 11.6. The van der Waals surface area contributed by atoms with Crippen molar-refractivity contribution in [2.75, 3.05) is 0 Å². The van der Waals surface area contributed by atoms with Crippen LogP contribution in [-0.2, 0) is 0 Å². The fraction of sp³-hybridized carbons (Fsp3) is 1.00. The second-order valence-electron chi connectivity index (χ2n) is 1.80. The zero-order valence-corrected chi connectivity index (χ0v) is 3.82. The van der Waals surface area contributed by atoms with Crippen LogP contribution in [-0.4, -0.2) is 18.8 Å². The van der Waals surface area contributed by atoms with E-state index in [4.69, 9.17) is 0 Å². The molecule has 1 aliphatic rings. The summed E-state index contributed by atoms with van der Waals surface area (Å²) in [7, 11) is 0. The summed E-state index contributed by atoms with van der Waals surface area (Å²) in [5.74, 6) is -1.63. The smallest absolute Gasteiger partial charge is 0.244 e. The van der Waals surface area contributed by atoms with Crippen molar-refractivity contribution in [1.29, 1.82) is 0 Å². The summed E-state index contributed by atoms with van der Waals surface area (Å²) >= 11 is 0. The highest BCUT2D eigenvalue weighted by molar-refractivity contribution is 5.00. The van der Waals surface area contributed by atoms with Crippen LogP contribution in [0.1, 0.15) is 0 Å². The highest BCUT2D eigenvalue weighted by atomic mass is 19.3. The molecule has 1 saturated carbocycles. The van der Waals surface area contributed by atoms with Crippen LogP contribution in [0.5, 0.6) is 0 Å². The summed E-state index contributed by atoms with van der Waals surface area (Å²) in [6.45, 7) is 0. The molecule has 0 amide bonds. The Morgan fingerprint density at radius 3 is 1.38 bits per heavy atom. The number of alkyl halides is 4. The van der Waals surface area contributed by atoms with Crippen LogP contribution in [0.25, 0.3) is 0 Å². The Bertz CT molecular complexity index is 77.3. The van der Waals surface area contributed by atoms with Gasteiger partial charge in [-0.15, -0.1) is 0 Å². The molecule has 2 atom stereocenters. The Hall–Kier alpha value is -0.280. The molecule has 0 aromatic carbocycles. The van der Waals surface area contributed by atoms with Gasteiger partial charge in [0.25, 0.3) is 0 Å². The molecule has 0 radical (unpaired) electrons. The Morgan fingerprint density at radius 2 is 1.38 bits per heavy atom. The molecule has 0 aromatic rings. The monoisotopic (exact) mass is 128 g/mol. The quantitative estimate of drug-likeness (QED) is 0.470. The molecular weight excluding hydrogens is 124 g/mol. The molecule has 1 aliphatic carbocycles. The van der Waals surface area contributed by atoms with E-state index < -0.39 is 24.7 Å². The normalized spacial score (nSPS) is 45.4. The molecule has 48 valence electrons. The first-order valence-electron chi connectivity index (χ1n) is 2.21. The first-order valence-corrected chi connectivity index (χ1v) is 2.21. The van der Waals surface area contributed by atoms with Crippen LogP contribution in [0.4, 0.5) is 17.6 Å². The van der Waals surface area contributed by atoms with E-state index in [0.29, 0.717) is 0 Å². The Balaban J connectivity index is 2.33. The van der Waals surface area contributed by atoms with Crippen molar-refractivity contribution < 1.29 is 17.6 Å². The maximum Gasteiger partial charge on any atom is 0.247 e. The predicted molar refractivity (Wildman–Crippen MR) is 19.3 cm³/mol. The highest BCUT2D eigenvalue weighted by Crippen LogP contribution is 2.42. The zero-order valence-electron chi connectivity index (χ0n) is 3.82. The van der Waals surface area contributed by atoms with Gasteiger partial charge in [-0.2, -0.15) is 0 Å². The van der Waals surface area contributed by atoms with Crippen LogP contribution in [0, 0.1) is 5.92 Å². The Morgan fingerprint density at radius 1 is 1.00 bits per heavy atom. The van der Waals surface area contributed by atoms with Gasteiger partial charge in [0.15, 0.2) is 0 Å². The van der Waals surface area contributed by atoms with Gasteiger partial charge in [0, 0.05) is 0 Å². The van der Waals surface area contributed by atoms with Gasteiger partial charge >= 0.3 is 0 Å². The topological polar surface area (TPSA) is 0 Å². The highest BCUT2D eigenvalue weighted by Gasteiger charge is 2.57. The molecule has 8 heavy (non-hydrogen) atoms. The average molecular weight is 128 g/mol. The molecule has 2 unspecified atom stereocenters.